The minimum atomic E-state index is -0.612. The molecule has 1 aromatic carbocycles. The zero-order valence-electron chi connectivity index (χ0n) is 15.5. The Morgan fingerprint density at radius 1 is 1.20 bits per heavy atom. The largest absolute Gasteiger partial charge is 0.339 e. The second kappa shape index (κ2) is 8.49. The number of benzene rings is 1. The standard InChI is InChI=1S/C19H16ClFN8O/c20-14-7-12(1-2-15(14)21)29(30)18(22)13-3-4-26-19-17(13)27-16(28-19)10-24-9-11-8-23-5-6-25-11/h1-8,22,24,30H,9-10H2,(H,26,27,28). The van der Waals surface area contributed by atoms with Crippen LogP contribution in [0.1, 0.15) is 17.1 Å². The van der Waals surface area contributed by atoms with Crippen molar-refractivity contribution < 1.29 is 9.60 Å². The molecule has 0 fully saturated rings. The van der Waals surface area contributed by atoms with Crippen LogP contribution < -0.4 is 10.4 Å². The van der Waals surface area contributed by atoms with Crippen molar-refractivity contribution in [1.82, 2.24) is 30.2 Å². The molecule has 0 atom stereocenters. The number of aromatic nitrogens is 5. The minimum Gasteiger partial charge on any atom is -0.339 e. The Hall–Kier alpha value is -3.47. The van der Waals surface area contributed by atoms with Gasteiger partial charge in [-0.3, -0.25) is 20.6 Å². The SMILES string of the molecule is N=C(c1ccnc2nc(CNCc3cnccn3)[nH]c12)N(O)c1ccc(F)c(Cl)c1. The van der Waals surface area contributed by atoms with Gasteiger partial charge in [0.15, 0.2) is 11.5 Å². The highest BCUT2D eigenvalue weighted by Gasteiger charge is 2.18. The number of nitrogens with one attached hydrogen (secondary N) is 3. The number of halogens is 2. The van der Waals surface area contributed by atoms with Gasteiger partial charge in [0.1, 0.15) is 11.6 Å². The number of nitrogens with zero attached hydrogens (tertiary/aromatic N) is 5. The number of amidine groups is 1. The molecular weight excluding hydrogens is 411 g/mol. The molecule has 0 aliphatic rings. The van der Waals surface area contributed by atoms with Gasteiger partial charge in [-0.2, -0.15) is 0 Å². The lowest BCUT2D eigenvalue weighted by molar-refractivity contribution is 0.312. The molecule has 4 rings (SSSR count). The first-order valence-corrected chi connectivity index (χ1v) is 9.23. The van der Waals surface area contributed by atoms with Gasteiger partial charge in [-0.1, -0.05) is 11.6 Å². The number of pyridine rings is 1. The lowest BCUT2D eigenvalue weighted by atomic mass is 10.2. The van der Waals surface area contributed by atoms with E-state index in [4.69, 9.17) is 17.0 Å². The van der Waals surface area contributed by atoms with Crippen LogP contribution in [0, 0.1) is 11.2 Å². The summed E-state index contributed by atoms with van der Waals surface area (Å²) in [6.07, 6.45) is 6.39. The number of anilines is 1. The third-order valence-electron chi connectivity index (χ3n) is 4.27. The van der Waals surface area contributed by atoms with Crippen molar-refractivity contribution in [1.29, 1.82) is 5.41 Å². The molecule has 0 saturated carbocycles. The fourth-order valence-corrected chi connectivity index (χ4v) is 3.00. The summed E-state index contributed by atoms with van der Waals surface area (Å²) in [5, 5.41) is 22.5. The Kier molecular flexibility index (Phi) is 5.61. The molecule has 152 valence electrons. The fourth-order valence-electron chi connectivity index (χ4n) is 2.83. The number of hydrogen-bond donors (Lipinski definition) is 4. The predicted molar refractivity (Wildman–Crippen MR) is 109 cm³/mol. The van der Waals surface area contributed by atoms with Crippen molar-refractivity contribution in [3.63, 3.8) is 0 Å². The normalized spacial score (nSPS) is 11.0. The molecule has 4 N–H and O–H groups in total. The number of fused-ring (bicyclic) bond motifs is 1. The maximum Gasteiger partial charge on any atom is 0.178 e. The average Bonchev–Trinajstić information content (AvgIpc) is 3.18. The summed E-state index contributed by atoms with van der Waals surface area (Å²) in [6.45, 7) is 0.923. The van der Waals surface area contributed by atoms with Gasteiger partial charge >= 0.3 is 0 Å². The molecule has 30 heavy (non-hydrogen) atoms. The molecule has 0 bridgehead atoms. The lowest BCUT2D eigenvalue weighted by Gasteiger charge is -2.18. The van der Waals surface area contributed by atoms with Crippen LogP contribution in [0.5, 0.6) is 0 Å². The Morgan fingerprint density at radius 2 is 2.07 bits per heavy atom. The van der Waals surface area contributed by atoms with Gasteiger partial charge in [0, 0.05) is 36.9 Å². The molecule has 4 aromatic rings. The molecule has 3 aromatic heterocycles. The van der Waals surface area contributed by atoms with E-state index in [2.05, 4.69) is 30.2 Å². The van der Waals surface area contributed by atoms with E-state index in [9.17, 15) is 9.60 Å². The third kappa shape index (κ3) is 4.10. The van der Waals surface area contributed by atoms with Crippen LogP contribution in [-0.2, 0) is 13.1 Å². The summed E-state index contributed by atoms with van der Waals surface area (Å²) >= 11 is 5.78. The zero-order chi connectivity index (χ0) is 21.1. The average molecular weight is 427 g/mol. The van der Waals surface area contributed by atoms with E-state index in [1.165, 1.54) is 18.3 Å². The summed E-state index contributed by atoms with van der Waals surface area (Å²) in [5.41, 5.74) is 2.21. The lowest BCUT2D eigenvalue weighted by Crippen LogP contribution is -2.27. The first-order chi connectivity index (χ1) is 14.5. The Labute approximate surface area is 175 Å². The van der Waals surface area contributed by atoms with Crippen molar-refractivity contribution in [3.05, 3.63) is 77.0 Å². The van der Waals surface area contributed by atoms with Crippen LogP contribution in [0.4, 0.5) is 10.1 Å². The molecule has 11 heteroatoms. The fraction of sp³-hybridized carbons (Fsp3) is 0.105. The van der Waals surface area contributed by atoms with E-state index in [0.29, 0.717) is 40.7 Å². The highest BCUT2D eigenvalue weighted by atomic mass is 35.5. The van der Waals surface area contributed by atoms with Gasteiger partial charge in [-0.05, 0) is 24.3 Å². The molecular formula is C19H16ClFN8O. The van der Waals surface area contributed by atoms with E-state index in [0.717, 1.165) is 11.8 Å². The van der Waals surface area contributed by atoms with Crippen molar-refractivity contribution in [3.8, 4) is 0 Å². The topological polar surface area (TPSA) is 127 Å². The first-order valence-electron chi connectivity index (χ1n) is 8.85. The number of H-pyrrole nitrogens is 1. The molecule has 0 aliphatic carbocycles. The maximum atomic E-state index is 13.4. The second-order valence-electron chi connectivity index (χ2n) is 6.30. The predicted octanol–water partition coefficient (Wildman–Crippen LogP) is 3.05. The summed E-state index contributed by atoms with van der Waals surface area (Å²) < 4.78 is 13.4. The van der Waals surface area contributed by atoms with Crippen LogP contribution in [0.3, 0.4) is 0 Å². The number of hydroxylamine groups is 1. The van der Waals surface area contributed by atoms with Crippen molar-refractivity contribution >= 4 is 34.3 Å². The summed E-state index contributed by atoms with van der Waals surface area (Å²) in [6, 6.07) is 5.25. The van der Waals surface area contributed by atoms with E-state index < -0.39 is 5.82 Å². The van der Waals surface area contributed by atoms with Crippen LogP contribution >= 0.6 is 11.6 Å². The van der Waals surface area contributed by atoms with Gasteiger partial charge in [0.05, 0.1) is 28.5 Å². The molecule has 3 heterocycles. The summed E-state index contributed by atoms with van der Waals surface area (Å²) in [7, 11) is 0. The van der Waals surface area contributed by atoms with Crippen molar-refractivity contribution in [2.24, 2.45) is 0 Å². The van der Waals surface area contributed by atoms with Gasteiger partial charge in [-0.15, -0.1) is 0 Å². The molecule has 0 aliphatic heterocycles. The van der Waals surface area contributed by atoms with Crippen LogP contribution in [0.15, 0.2) is 49.1 Å². The summed E-state index contributed by atoms with van der Waals surface area (Å²) in [5.74, 6) is -0.248. The third-order valence-corrected chi connectivity index (χ3v) is 4.56. The van der Waals surface area contributed by atoms with Crippen LogP contribution in [0.25, 0.3) is 11.2 Å². The highest BCUT2D eigenvalue weighted by Crippen LogP contribution is 2.24. The maximum absolute atomic E-state index is 13.4. The van der Waals surface area contributed by atoms with E-state index in [1.54, 1.807) is 24.7 Å². The highest BCUT2D eigenvalue weighted by molar-refractivity contribution is 6.31. The van der Waals surface area contributed by atoms with Gasteiger partial charge in [0.2, 0.25) is 0 Å². The summed E-state index contributed by atoms with van der Waals surface area (Å²) in [4.78, 5) is 19.9. The van der Waals surface area contributed by atoms with E-state index in [-0.39, 0.29) is 16.5 Å². The molecule has 0 saturated heterocycles. The molecule has 9 nitrogen and oxygen atoms in total. The van der Waals surface area contributed by atoms with E-state index in [1.807, 2.05) is 0 Å². The van der Waals surface area contributed by atoms with Gasteiger partial charge < -0.3 is 10.3 Å². The van der Waals surface area contributed by atoms with Crippen molar-refractivity contribution in [2.45, 2.75) is 13.1 Å². The Bertz CT molecular complexity index is 1200. The monoisotopic (exact) mass is 426 g/mol. The molecule has 0 radical (unpaired) electrons. The zero-order valence-corrected chi connectivity index (χ0v) is 16.2. The first kappa shape index (κ1) is 19.8. The Balaban J connectivity index is 1.54. The molecule has 0 spiro atoms. The van der Waals surface area contributed by atoms with Crippen molar-refractivity contribution in [2.75, 3.05) is 5.06 Å². The number of aromatic amines is 1. The number of rotatable bonds is 6. The quantitative estimate of drug-likeness (QED) is 0.212. The second-order valence-corrected chi connectivity index (χ2v) is 6.71. The van der Waals surface area contributed by atoms with E-state index >= 15 is 0 Å². The minimum absolute atomic E-state index is 0.154. The van der Waals surface area contributed by atoms with Gasteiger partial charge in [0.25, 0.3) is 0 Å². The number of imidazole rings is 1. The van der Waals surface area contributed by atoms with Crippen LogP contribution in [-0.4, -0.2) is 36.0 Å². The number of hydrogen-bond acceptors (Lipinski definition) is 7. The van der Waals surface area contributed by atoms with Crippen LogP contribution in [0.2, 0.25) is 5.02 Å². The van der Waals surface area contributed by atoms with Gasteiger partial charge in [-0.25, -0.2) is 19.4 Å². The molecule has 0 unspecified atom stereocenters. The molecule has 0 amide bonds. The smallest absolute Gasteiger partial charge is 0.178 e. The Morgan fingerprint density at radius 3 is 2.83 bits per heavy atom.